The second-order valence-electron chi connectivity index (χ2n) is 7.52. The Kier molecular flexibility index (Phi) is 6.19. The van der Waals surface area contributed by atoms with Crippen LogP contribution < -0.4 is 0 Å². The van der Waals surface area contributed by atoms with Crippen LogP contribution in [-0.2, 0) is 4.79 Å². The maximum atomic E-state index is 12.9. The van der Waals surface area contributed by atoms with Crippen molar-refractivity contribution in [3.8, 4) is 0 Å². The predicted octanol–water partition coefficient (Wildman–Crippen LogP) is 4.34. The van der Waals surface area contributed by atoms with Gasteiger partial charge in [0, 0.05) is 18.0 Å². The molecular weight excluding hydrogens is 257 g/mol. The molecule has 1 aliphatic carbocycles. The number of hydrogen-bond donors (Lipinski definition) is 0. The molecule has 2 fully saturated rings. The van der Waals surface area contributed by atoms with Crippen LogP contribution in [0.4, 0.5) is 0 Å². The Morgan fingerprint density at radius 3 is 2.57 bits per heavy atom. The molecule has 21 heavy (non-hydrogen) atoms. The molecule has 0 bridgehead atoms. The number of carbonyl (C=O) groups is 1. The van der Waals surface area contributed by atoms with Gasteiger partial charge in [0.1, 0.15) is 0 Å². The molecule has 0 aromatic carbocycles. The van der Waals surface area contributed by atoms with Crippen LogP contribution in [0.1, 0.15) is 78.6 Å². The zero-order chi connectivity index (χ0) is 15.4. The summed E-state index contributed by atoms with van der Waals surface area (Å²) in [6.45, 7) is 6.54. The normalized spacial score (nSPS) is 35.0. The van der Waals surface area contributed by atoms with Crippen LogP contribution in [0.15, 0.2) is 0 Å². The van der Waals surface area contributed by atoms with Gasteiger partial charge in [-0.25, -0.2) is 0 Å². The van der Waals surface area contributed by atoms with E-state index in [9.17, 15) is 4.79 Å². The Bertz CT molecular complexity index is 344. The monoisotopic (exact) mass is 289 g/mol. The van der Waals surface area contributed by atoms with Crippen molar-refractivity contribution in [2.45, 2.75) is 96.5 Å². The molecule has 1 saturated heterocycles. The summed E-state index contributed by atoms with van der Waals surface area (Å²) in [4.78, 5) is 15.1. The van der Waals surface area contributed by atoms with E-state index >= 15 is 0 Å². The van der Waals surface area contributed by atoms with Crippen molar-refractivity contribution in [2.75, 3.05) is 0 Å². The summed E-state index contributed by atoms with van der Waals surface area (Å²) >= 11 is 0. The first-order chi connectivity index (χ1) is 10.0. The average molecular weight is 289 g/mol. The first-order valence-electron chi connectivity index (χ1n) is 9.12. The molecule has 1 amide bonds. The third kappa shape index (κ3) is 4.04. The Hall–Kier alpha value is -0.465. The summed E-state index contributed by atoms with van der Waals surface area (Å²) in [6.07, 6.45) is 10.5. The number of piperidine rings is 1. The second-order valence-corrected chi connectivity index (χ2v) is 7.52. The molecule has 4 atom stereocenters. The van der Waals surface area contributed by atoms with E-state index in [4.69, 9.17) is 7.85 Å². The average Bonchev–Trinajstić information content (AvgIpc) is 2.50. The maximum Gasteiger partial charge on any atom is 0.226 e. The van der Waals surface area contributed by atoms with Crippen molar-refractivity contribution < 1.29 is 4.79 Å². The van der Waals surface area contributed by atoms with Gasteiger partial charge in [-0.05, 0) is 39.0 Å². The van der Waals surface area contributed by atoms with Crippen LogP contribution >= 0.6 is 0 Å². The van der Waals surface area contributed by atoms with Crippen LogP contribution in [0.5, 0.6) is 0 Å². The van der Waals surface area contributed by atoms with Crippen LogP contribution in [0.3, 0.4) is 0 Å². The lowest BCUT2D eigenvalue weighted by molar-refractivity contribution is -0.148. The van der Waals surface area contributed by atoms with Crippen LogP contribution in [0.2, 0.25) is 5.82 Å². The van der Waals surface area contributed by atoms with Crippen molar-refractivity contribution in [1.82, 2.24) is 4.90 Å². The zero-order valence-electron chi connectivity index (χ0n) is 14.2. The molecule has 2 rings (SSSR count). The number of likely N-dealkylation sites (tertiary alicyclic amines) is 1. The van der Waals surface area contributed by atoms with E-state index < -0.39 is 0 Å². The van der Waals surface area contributed by atoms with E-state index in [1.165, 1.54) is 25.7 Å². The lowest BCUT2D eigenvalue weighted by atomic mass is 9.70. The summed E-state index contributed by atoms with van der Waals surface area (Å²) in [7, 11) is 6.35. The van der Waals surface area contributed by atoms with E-state index in [1.54, 1.807) is 0 Å². The lowest BCUT2D eigenvalue weighted by Crippen LogP contribution is -2.55. The van der Waals surface area contributed by atoms with Gasteiger partial charge < -0.3 is 4.90 Å². The van der Waals surface area contributed by atoms with E-state index in [2.05, 4.69) is 25.7 Å². The van der Waals surface area contributed by atoms with E-state index in [0.717, 1.165) is 32.1 Å². The van der Waals surface area contributed by atoms with Crippen molar-refractivity contribution in [3.05, 3.63) is 0 Å². The molecule has 2 aliphatic rings. The van der Waals surface area contributed by atoms with Gasteiger partial charge in [-0.1, -0.05) is 51.3 Å². The van der Waals surface area contributed by atoms with Crippen molar-refractivity contribution in [2.24, 2.45) is 11.8 Å². The SMILES string of the molecule is [B]C1CCCCCC2C(C1)CC(CCC)C(=O)N2C(C)C. The molecule has 0 N–H and O–H groups in total. The minimum atomic E-state index is 0.242. The first kappa shape index (κ1) is 16.9. The van der Waals surface area contributed by atoms with Crippen molar-refractivity contribution >= 4 is 13.8 Å². The largest absolute Gasteiger partial charge is 0.337 e. The molecule has 1 saturated carbocycles. The van der Waals surface area contributed by atoms with Crippen LogP contribution in [0.25, 0.3) is 0 Å². The molecule has 0 aromatic rings. The second kappa shape index (κ2) is 7.69. The molecule has 3 heteroatoms. The summed E-state index contributed by atoms with van der Waals surface area (Å²) in [5.74, 6) is 1.61. The predicted molar refractivity (Wildman–Crippen MR) is 89.5 cm³/mol. The van der Waals surface area contributed by atoms with E-state index in [1.807, 2.05) is 0 Å². The summed E-state index contributed by atoms with van der Waals surface area (Å²) in [6, 6.07) is 0.761. The van der Waals surface area contributed by atoms with Gasteiger partial charge in [0.2, 0.25) is 5.91 Å². The third-order valence-corrected chi connectivity index (χ3v) is 5.47. The Morgan fingerprint density at radius 1 is 1.19 bits per heavy atom. The summed E-state index contributed by atoms with van der Waals surface area (Å²) in [5.41, 5.74) is 0. The molecule has 2 nitrogen and oxygen atoms in total. The van der Waals surface area contributed by atoms with Gasteiger partial charge >= 0.3 is 0 Å². The van der Waals surface area contributed by atoms with Crippen LogP contribution in [0, 0.1) is 11.8 Å². The summed E-state index contributed by atoms with van der Waals surface area (Å²) in [5, 5.41) is 0. The first-order valence-corrected chi connectivity index (χ1v) is 9.12. The van der Waals surface area contributed by atoms with Gasteiger partial charge in [-0.2, -0.15) is 0 Å². The van der Waals surface area contributed by atoms with Crippen LogP contribution in [-0.4, -0.2) is 30.7 Å². The molecule has 0 aromatic heterocycles. The fourth-order valence-electron chi connectivity index (χ4n) is 4.52. The fourth-order valence-corrected chi connectivity index (χ4v) is 4.52. The number of carbonyl (C=O) groups excluding carboxylic acids is 1. The molecule has 1 heterocycles. The maximum absolute atomic E-state index is 12.9. The Labute approximate surface area is 132 Å². The molecule has 2 radical (unpaired) electrons. The molecule has 0 spiro atoms. The highest BCUT2D eigenvalue weighted by atomic mass is 16.2. The van der Waals surface area contributed by atoms with Gasteiger partial charge in [0.15, 0.2) is 0 Å². The van der Waals surface area contributed by atoms with Gasteiger partial charge in [-0.15, -0.1) is 0 Å². The molecular formula is C18H32BNO. The summed E-state index contributed by atoms with van der Waals surface area (Å²) < 4.78 is 0. The van der Waals surface area contributed by atoms with Gasteiger partial charge in [-0.3, -0.25) is 4.79 Å². The number of amides is 1. The fraction of sp³-hybridized carbons (Fsp3) is 0.944. The van der Waals surface area contributed by atoms with Gasteiger partial charge in [0.05, 0.1) is 7.85 Å². The van der Waals surface area contributed by atoms with E-state index in [-0.39, 0.29) is 5.92 Å². The highest BCUT2D eigenvalue weighted by Gasteiger charge is 2.42. The Morgan fingerprint density at radius 2 is 1.90 bits per heavy atom. The van der Waals surface area contributed by atoms with E-state index in [0.29, 0.717) is 29.7 Å². The van der Waals surface area contributed by atoms with Crippen molar-refractivity contribution in [3.63, 3.8) is 0 Å². The standard InChI is InChI=1S/C18H32BNO/c1-4-8-14-11-15-12-16(19)9-6-5-7-10-17(15)20(13(2)3)18(14)21/h13-17H,4-12H2,1-3H3. The Balaban J connectivity index is 2.21. The highest BCUT2D eigenvalue weighted by Crippen LogP contribution is 2.40. The lowest BCUT2D eigenvalue weighted by Gasteiger charge is -2.47. The number of rotatable bonds is 3. The van der Waals surface area contributed by atoms with Gasteiger partial charge in [0.25, 0.3) is 0 Å². The molecule has 4 unspecified atom stereocenters. The van der Waals surface area contributed by atoms with Crippen molar-refractivity contribution in [1.29, 1.82) is 0 Å². The molecule has 118 valence electrons. The topological polar surface area (TPSA) is 20.3 Å². The number of fused-ring (bicyclic) bond motifs is 1. The molecule has 1 aliphatic heterocycles. The third-order valence-electron chi connectivity index (χ3n) is 5.47. The number of nitrogens with zero attached hydrogens (tertiary/aromatic N) is 1. The number of hydrogen-bond acceptors (Lipinski definition) is 1. The minimum absolute atomic E-state index is 0.242. The highest BCUT2D eigenvalue weighted by molar-refractivity contribution is 6.11. The quantitative estimate of drug-likeness (QED) is 0.708. The minimum Gasteiger partial charge on any atom is -0.337 e. The zero-order valence-corrected chi connectivity index (χ0v) is 14.2. The smallest absolute Gasteiger partial charge is 0.226 e.